The predicted octanol–water partition coefficient (Wildman–Crippen LogP) is 4.29. The van der Waals surface area contributed by atoms with Gasteiger partial charge in [0.05, 0.1) is 5.92 Å². The number of benzene rings is 2. The van der Waals surface area contributed by atoms with E-state index in [0.29, 0.717) is 11.1 Å². The number of aromatic amines is 1. The molecule has 4 nitrogen and oxygen atoms in total. The van der Waals surface area contributed by atoms with Crippen LogP contribution in [0.2, 0.25) is 0 Å². The minimum absolute atomic E-state index is 0.229. The summed E-state index contributed by atoms with van der Waals surface area (Å²) in [5, 5.41) is 0.823. The Morgan fingerprint density at radius 3 is 2.33 bits per heavy atom. The van der Waals surface area contributed by atoms with Crippen LogP contribution in [0.3, 0.4) is 0 Å². The molecule has 1 heterocycles. The van der Waals surface area contributed by atoms with Crippen LogP contribution in [0.5, 0.6) is 0 Å². The molecule has 0 aliphatic heterocycles. The summed E-state index contributed by atoms with van der Waals surface area (Å²) in [5.74, 6) is -0.920. The number of carbonyl (C=O) groups excluding carboxylic acids is 2. The van der Waals surface area contributed by atoms with Gasteiger partial charge in [-0.15, -0.1) is 0 Å². The molecule has 1 aromatic heterocycles. The predicted molar refractivity (Wildman–Crippen MR) is 92.7 cm³/mol. The zero-order chi connectivity index (χ0) is 17.1. The van der Waals surface area contributed by atoms with E-state index in [0.717, 1.165) is 10.9 Å². The summed E-state index contributed by atoms with van der Waals surface area (Å²) in [6.45, 7) is 3.50. The van der Waals surface area contributed by atoms with Gasteiger partial charge in [-0.25, -0.2) is 0 Å². The number of nitrogens with one attached hydrogen (secondary N) is 1. The largest absolute Gasteiger partial charge is 0.449 e. The number of para-hydroxylation sites is 1. The zero-order valence-corrected chi connectivity index (χ0v) is 13.7. The van der Waals surface area contributed by atoms with Crippen molar-refractivity contribution in [3.8, 4) is 0 Å². The molecule has 2 aromatic carbocycles. The van der Waals surface area contributed by atoms with Crippen molar-refractivity contribution in [1.82, 2.24) is 4.98 Å². The summed E-state index contributed by atoms with van der Waals surface area (Å²) in [7, 11) is 0. The highest BCUT2D eigenvalue weighted by atomic mass is 16.5. The highest BCUT2D eigenvalue weighted by molar-refractivity contribution is 6.10. The number of H-pyrrole nitrogens is 1. The summed E-state index contributed by atoms with van der Waals surface area (Å²) < 4.78 is 5.53. The molecule has 4 heteroatoms. The van der Waals surface area contributed by atoms with Gasteiger partial charge in [0.1, 0.15) is 0 Å². The van der Waals surface area contributed by atoms with E-state index < -0.39 is 12.1 Å². The second kappa shape index (κ2) is 6.71. The van der Waals surface area contributed by atoms with Crippen LogP contribution < -0.4 is 0 Å². The Balaban J connectivity index is 2.01. The molecule has 0 radical (unpaired) electrons. The summed E-state index contributed by atoms with van der Waals surface area (Å²) in [6.07, 6.45) is 0.729. The molecule has 0 aliphatic carbocycles. The molecule has 122 valence electrons. The lowest BCUT2D eigenvalue weighted by Crippen LogP contribution is -2.22. The maximum atomic E-state index is 13.1. The number of ketones is 1. The lowest BCUT2D eigenvalue weighted by atomic mass is 9.99. The number of aromatic nitrogens is 1. The van der Waals surface area contributed by atoms with Gasteiger partial charge in [-0.05, 0) is 6.07 Å². The molecule has 0 saturated carbocycles. The van der Waals surface area contributed by atoms with Crippen molar-refractivity contribution in [3.63, 3.8) is 0 Å². The average molecular weight is 321 g/mol. The molecule has 3 aromatic rings. The Bertz CT molecular complexity index is 865. The first-order valence-electron chi connectivity index (χ1n) is 7.93. The molecule has 0 aliphatic rings. The number of esters is 1. The minimum Gasteiger partial charge on any atom is -0.449 e. The van der Waals surface area contributed by atoms with Crippen LogP contribution in [0, 0.1) is 5.92 Å². The number of ether oxygens (including phenoxy) is 1. The lowest BCUT2D eigenvalue weighted by Gasteiger charge is -2.18. The van der Waals surface area contributed by atoms with Gasteiger partial charge in [0.2, 0.25) is 5.78 Å². The van der Waals surface area contributed by atoms with Crippen LogP contribution in [0.4, 0.5) is 0 Å². The quantitative estimate of drug-likeness (QED) is 0.563. The molecular weight excluding hydrogens is 302 g/mol. The standard InChI is InChI=1S/C20H19NO3/c1-13(2)20(23)24-19(14-8-4-3-5-9-14)18(22)16-12-21-17-11-7-6-10-15(16)17/h3-13,19,21H,1-2H3/t19-/m1/s1. The molecule has 24 heavy (non-hydrogen) atoms. The van der Waals surface area contributed by atoms with Crippen LogP contribution in [0.15, 0.2) is 60.8 Å². The maximum absolute atomic E-state index is 13.1. The van der Waals surface area contributed by atoms with Gasteiger partial charge in [-0.3, -0.25) is 9.59 Å². The fraction of sp³-hybridized carbons (Fsp3) is 0.200. The zero-order valence-electron chi connectivity index (χ0n) is 13.7. The SMILES string of the molecule is CC(C)C(=O)O[C@@H](C(=O)c1c[nH]c2ccccc12)c1ccccc1. The third-order valence-corrected chi connectivity index (χ3v) is 3.90. The van der Waals surface area contributed by atoms with E-state index in [1.54, 1.807) is 32.2 Å². The molecular formula is C20H19NO3. The van der Waals surface area contributed by atoms with Gasteiger partial charge in [-0.1, -0.05) is 62.4 Å². The first-order chi connectivity index (χ1) is 11.6. The van der Waals surface area contributed by atoms with E-state index in [9.17, 15) is 9.59 Å². The van der Waals surface area contributed by atoms with E-state index in [4.69, 9.17) is 4.74 Å². The third-order valence-electron chi connectivity index (χ3n) is 3.90. The average Bonchev–Trinajstić information content (AvgIpc) is 3.03. The molecule has 0 fully saturated rings. The van der Waals surface area contributed by atoms with Crippen LogP contribution in [-0.4, -0.2) is 16.7 Å². The Hall–Kier alpha value is -2.88. The van der Waals surface area contributed by atoms with Crippen LogP contribution in [0.1, 0.15) is 35.9 Å². The smallest absolute Gasteiger partial charge is 0.309 e. The Labute approximate surface area is 140 Å². The summed E-state index contributed by atoms with van der Waals surface area (Å²) >= 11 is 0. The van der Waals surface area contributed by atoms with E-state index in [2.05, 4.69) is 4.98 Å². The molecule has 1 atom stereocenters. The van der Waals surface area contributed by atoms with Crippen molar-refractivity contribution in [3.05, 3.63) is 71.9 Å². The second-order valence-electron chi connectivity index (χ2n) is 5.99. The van der Waals surface area contributed by atoms with Gasteiger partial charge in [0.15, 0.2) is 6.10 Å². The van der Waals surface area contributed by atoms with Gasteiger partial charge in [-0.2, -0.15) is 0 Å². The summed E-state index contributed by atoms with van der Waals surface area (Å²) in [5.41, 5.74) is 2.07. The first kappa shape index (κ1) is 16.0. The normalized spacial score (nSPS) is 12.3. The molecule has 3 rings (SSSR count). The fourth-order valence-corrected chi connectivity index (χ4v) is 2.57. The van der Waals surface area contributed by atoms with Gasteiger partial charge >= 0.3 is 5.97 Å². The molecule has 0 bridgehead atoms. The molecule has 0 saturated heterocycles. The minimum atomic E-state index is -0.944. The number of rotatable bonds is 5. The highest BCUT2D eigenvalue weighted by Crippen LogP contribution is 2.27. The molecule has 1 N–H and O–H groups in total. The van der Waals surface area contributed by atoms with Crippen molar-refractivity contribution < 1.29 is 14.3 Å². The van der Waals surface area contributed by atoms with Crippen LogP contribution >= 0.6 is 0 Å². The topological polar surface area (TPSA) is 59.2 Å². The van der Waals surface area contributed by atoms with Gasteiger partial charge in [0.25, 0.3) is 0 Å². The highest BCUT2D eigenvalue weighted by Gasteiger charge is 2.28. The van der Waals surface area contributed by atoms with Crippen molar-refractivity contribution in [2.45, 2.75) is 20.0 Å². The Kier molecular flexibility index (Phi) is 4.47. The van der Waals surface area contributed by atoms with Crippen molar-refractivity contribution >= 4 is 22.7 Å². The Morgan fingerprint density at radius 2 is 1.62 bits per heavy atom. The van der Waals surface area contributed by atoms with Crippen LogP contribution in [0.25, 0.3) is 10.9 Å². The van der Waals surface area contributed by atoms with Crippen molar-refractivity contribution in [2.75, 3.05) is 0 Å². The lowest BCUT2D eigenvalue weighted by molar-refractivity contribution is -0.151. The van der Waals surface area contributed by atoms with Gasteiger partial charge in [0, 0.05) is 28.2 Å². The van der Waals surface area contributed by atoms with E-state index >= 15 is 0 Å². The number of hydrogen-bond acceptors (Lipinski definition) is 3. The fourth-order valence-electron chi connectivity index (χ4n) is 2.57. The number of carbonyl (C=O) groups is 2. The molecule has 0 unspecified atom stereocenters. The number of hydrogen-bond donors (Lipinski definition) is 1. The maximum Gasteiger partial charge on any atom is 0.309 e. The summed E-state index contributed by atoms with van der Waals surface area (Å²) in [4.78, 5) is 28.3. The van der Waals surface area contributed by atoms with Crippen molar-refractivity contribution in [1.29, 1.82) is 0 Å². The van der Waals surface area contributed by atoms with E-state index in [1.165, 1.54) is 0 Å². The van der Waals surface area contributed by atoms with E-state index in [-0.39, 0.29) is 11.7 Å². The van der Waals surface area contributed by atoms with Crippen molar-refractivity contribution in [2.24, 2.45) is 5.92 Å². The molecule has 0 spiro atoms. The summed E-state index contributed by atoms with van der Waals surface area (Å²) in [6, 6.07) is 16.7. The van der Waals surface area contributed by atoms with Crippen LogP contribution in [-0.2, 0) is 9.53 Å². The third kappa shape index (κ3) is 3.08. The number of fused-ring (bicyclic) bond motifs is 1. The van der Waals surface area contributed by atoms with E-state index in [1.807, 2.05) is 42.5 Å². The monoisotopic (exact) mass is 321 g/mol. The van der Waals surface area contributed by atoms with Gasteiger partial charge < -0.3 is 9.72 Å². The number of Topliss-reactive ketones (excluding diaryl/α,β-unsaturated/α-hetero) is 1. The second-order valence-corrected chi connectivity index (χ2v) is 5.99. The molecule has 0 amide bonds. The Morgan fingerprint density at radius 1 is 0.958 bits per heavy atom. The first-order valence-corrected chi connectivity index (χ1v) is 7.93.